The van der Waals surface area contributed by atoms with E-state index in [2.05, 4.69) is 5.32 Å². The zero-order valence-electron chi connectivity index (χ0n) is 16.6. The van der Waals surface area contributed by atoms with Crippen molar-refractivity contribution in [3.63, 3.8) is 0 Å². The molecule has 0 heterocycles. The fraction of sp³-hybridized carbons (Fsp3) is 0.409. The van der Waals surface area contributed by atoms with Crippen LogP contribution in [-0.4, -0.2) is 26.6 Å². The van der Waals surface area contributed by atoms with Crippen molar-refractivity contribution in [2.45, 2.75) is 51.1 Å². The highest BCUT2D eigenvalue weighted by Crippen LogP contribution is 2.23. The fourth-order valence-corrected chi connectivity index (χ4v) is 4.64. The van der Waals surface area contributed by atoms with Gasteiger partial charge in [-0.05, 0) is 54.8 Å². The molecule has 5 nitrogen and oxygen atoms in total. The van der Waals surface area contributed by atoms with E-state index in [1.807, 2.05) is 0 Å². The molecule has 2 aromatic rings. The molecule has 1 aliphatic rings. The predicted octanol–water partition coefficient (Wildman–Crippen LogP) is 4.76. The summed E-state index contributed by atoms with van der Waals surface area (Å²) in [5.74, 6) is -0.105. The van der Waals surface area contributed by atoms with Crippen LogP contribution in [0, 0.1) is 0 Å². The van der Waals surface area contributed by atoms with Gasteiger partial charge in [-0.1, -0.05) is 49.4 Å². The van der Waals surface area contributed by atoms with Crippen LogP contribution in [0.4, 0.5) is 5.69 Å². The second-order valence-corrected chi connectivity index (χ2v) is 9.95. The van der Waals surface area contributed by atoms with Gasteiger partial charge in [-0.15, -0.1) is 0 Å². The van der Waals surface area contributed by atoms with Crippen molar-refractivity contribution in [1.82, 2.24) is 5.32 Å². The number of carbonyl (C=O) groups is 1. The molecule has 1 fully saturated rings. The number of nitrogens with one attached hydrogen (secondary N) is 1. The van der Waals surface area contributed by atoms with Gasteiger partial charge in [0.1, 0.15) is 0 Å². The normalized spacial score (nSPS) is 15.5. The monoisotopic (exact) mass is 434 g/mol. The molecule has 0 aliphatic heterocycles. The summed E-state index contributed by atoms with van der Waals surface area (Å²) in [7, 11) is -3.49. The summed E-state index contributed by atoms with van der Waals surface area (Å²) in [6.45, 7) is 0.198. The Morgan fingerprint density at radius 2 is 1.59 bits per heavy atom. The minimum Gasteiger partial charge on any atom is -0.349 e. The summed E-state index contributed by atoms with van der Waals surface area (Å²) >= 11 is 5.91. The Balaban J connectivity index is 1.73. The van der Waals surface area contributed by atoms with Crippen LogP contribution in [0.2, 0.25) is 5.02 Å². The molecule has 1 aliphatic carbocycles. The molecule has 156 valence electrons. The molecule has 0 atom stereocenters. The standard InChI is InChI=1S/C22H27ClN2O3S/c1-29(27,28)25(16-17-8-12-19(23)13-9-17)21-14-10-18(11-15-21)22(26)24-20-6-4-2-3-5-7-20/h8-15,20H,2-7,16H2,1H3,(H,24,26). The maximum atomic E-state index is 12.6. The molecule has 1 amide bonds. The zero-order chi connectivity index (χ0) is 20.9. The lowest BCUT2D eigenvalue weighted by Gasteiger charge is -2.23. The van der Waals surface area contributed by atoms with Crippen molar-refractivity contribution in [3.8, 4) is 0 Å². The van der Waals surface area contributed by atoms with Gasteiger partial charge in [-0.3, -0.25) is 9.10 Å². The van der Waals surface area contributed by atoms with Gasteiger partial charge in [0.2, 0.25) is 10.0 Å². The number of amides is 1. The topological polar surface area (TPSA) is 66.5 Å². The van der Waals surface area contributed by atoms with E-state index in [0.717, 1.165) is 31.2 Å². The van der Waals surface area contributed by atoms with Crippen LogP contribution < -0.4 is 9.62 Å². The molecule has 3 rings (SSSR count). The number of sulfonamides is 1. The highest BCUT2D eigenvalue weighted by Gasteiger charge is 2.19. The summed E-state index contributed by atoms with van der Waals surface area (Å²) < 4.78 is 26.0. The van der Waals surface area contributed by atoms with Crippen LogP contribution in [0.5, 0.6) is 0 Å². The molecular formula is C22H27ClN2O3S. The number of anilines is 1. The predicted molar refractivity (Wildman–Crippen MR) is 118 cm³/mol. The summed E-state index contributed by atoms with van der Waals surface area (Å²) in [5.41, 5.74) is 1.89. The zero-order valence-corrected chi connectivity index (χ0v) is 18.2. The molecular weight excluding hydrogens is 408 g/mol. The number of halogens is 1. The average molecular weight is 435 g/mol. The van der Waals surface area contributed by atoms with Crippen molar-refractivity contribution in [3.05, 3.63) is 64.7 Å². The van der Waals surface area contributed by atoms with Gasteiger partial charge in [0.05, 0.1) is 18.5 Å². The molecule has 0 saturated heterocycles. The second-order valence-electron chi connectivity index (χ2n) is 7.60. The van der Waals surface area contributed by atoms with Crippen LogP contribution in [0.1, 0.15) is 54.4 Å². The number of hydrogen-bond donors (Lipinski definition) is 1. The maximum Gasteiger partial charge on any atom is 0.251 e. The van der Waals surface area contributed by atoms with Gasteiger partial charge in [0, 0.05) is 16.6 Å². The van der Waals surface area contributed by atoms with Crippen molar-refractivity contribution >= 4 is 33.2 Å². The lowest BCUT2D eigenvalue weighted by Crippen LogP contribution is -2.34. The molecule has 0 spiro atoms. The van der Waals surface area contributed by atoms with Crippen LogP contribution in [0.15, 0.2) is 48.5 Å². The Kier molecular flexibility index (Phi) is 7.19. The van der Waals surface area contributed by atoms with Gasteiger partial charge in [0.25, 0.3) is 5.91 Å². The molecule has 1 N–H and O–H groups in total. The molecule has 0 bridgehead atoms. The van der Waals surface area contributed by atoms with Gasteiger partial charge in [-0.25, -0.2) is 8.42 Å². The van der Waals surface area contributed by atoms with E-state index in [1.54, 1.807) is 48.5 Å². The maximum absolute atomic E-state index is 12.6. The van der Waals surface area contributed by atoms with E-state index in [1.165, 1.54) is 23.4 Å². The van der Waals surface area contributed by atoms with Crippen LogP contribution in [0.3, 0.4) is 0 Å². The van der Waals surface area contributed by atoms with E-state index in [9.17, 15) is 13.2 Å². The second kappa shape index (κ2) is 9.63. The first-order valence-corrected chi connectivity index (χ1v) is 12.2. The number of nitrogens with zero attached hydrogens (tertiary/aromatic N) is 1. The molecule has 1 saturated carbocycles. The molecule has 7 heteroatoms. The molecule has 0 aromatic heterocycles. The van der Waals surface area contributed by atoms with Gasteiger partial charge in [-0.2, -0.15) is 0 Å². The summed E-state index contributed by atoms with van der Waals surface area (Å²) in [6.07, 6.45) is 7.98. The largest absolute Gasteiger partial charge is 0.349 e. The Labute approximate surface area is 178 Å². The lowest BCUT2D eigenvalue weighted by atomic mass is 10.1. The van der Waals surface area contributed by atoms with Crippen molar-refractivity contribution in [2.75, 3.05) is 10.6 Å². The van der Waals surface area contributed by atoms with Gasteiger partial charge < -0.3 is 5.32 Å². The number of hydrogen-bond acceptors (Lipinski definition) is 3. The van der Waals surface area contributed by atoms with E-state index in [4.69, 9.17) is 11.6 Å². The molecule has 0 unspecified atom stereocenters. The summed E-state index contributed by atoms with van der Waals surface area (Å²) in [4.78, 5) is 12.6. The first-order valence-electron chi connectivity index (χ1n) is 9.96. The smallest absolute Gasteiger partial charge is 0.251 e. The van der Waals surface area contributed by atoms with Crippen molar-refractivity contribution in [2.24, 2.45) is 0 Å². The first-order chi connectivity index (χ1) is 13.8. The molecule has 2 aromatic carbocycles. The quantitative estimate of drug-likeness (QED) is 0.666. The minimum atomic E-state index is -3.49. The Morgan fingerprint density at radius 1 is 1.00 bits per heavy atom. The first kappa shape index (κ1) is 21.7. The molecule has 0 radical (unpaired) electrons. The Morgan fingerprint density at radius 3 is 2.14 bits per heavy atom. The highest BCUT2D eigenvalue weighted by molar-refractivity contribution is 7.92. The molecule has 29 heavy (non-hydrogen) atoms. The minimum absolute atomic E-state index is 0.105. The summed E-state index contributed by atoms with van der Waals surface area (Å²) in [6, 6.07) is 14.0. The number of benzene rings is 2. The lowest BCUT2D eigenvalue weighted by molar-refractivity contribution is 0.0933. The SMILES string of the molecule is CS(=O)(=O)N(Cc1ccc(Cl)cc1)c1ccc(C(=O)NC2CCCCCC2)cc1. The third-order valence-electron chi connectivity index (χ3n) is 5.25. The van der Waals surface area contributed by atoms with E-state index in [-0.39, 0.29) is 18.5 Å². The number of carbonyl (C=O) groups excluding carboxylic acids is 1. The van der Waals surface area contributed by atoms with Crippen LogP contribution in [0.25, 0.3) is 0 Å². The Bertz CT molecular complexity index is 920. The average Bonchev–Trinajstić information content (AvgIpc) is 2.95. The summed E-state index contributed by atoms with van der Waals surface area (Å²) in [5, 5.41) is 3.72. The Hall–Kier alpha value is -2.05. The van der Waals surface area contributed by atoms with E-state index < -0.39 is 10.0 Å². The number of rotatable bonds is 6. The van der Waals surface area contributed by atoms with Crippen molar-refractivity contribution in [1.29, 1.82) is 0 Å². The highest BCUT2D eigenvalue weighted by atomic mass is 35.5. The third-order valence-corrected chi connectivity index (χ3v) is 6.64. The third kappa shape index (κ3) is 6.21. The van der Waals surface area contributed by atoms with E-state index >= 15 is 0 Å². The van der Waals surface area contributed by atoms with Crippen LogP contribution in [-0.2, 0) is 16.6 Å². The van der Waals surface area contributed by atoms with Gasteiger partial charge >= 0.3 is 0 Å². The van der Waals surface area contributed by atoms with Crippen molar-refractivity contribution < 1.29 is 13.2 Å². The fourth-order valence-electron chi connectivity index (χ4n) is 3.63. The van der Waals surface area contributed by atoms with Gasteiger partial charge in [0.15, 0.2) is 0 Å². The van der Waals surface area contributed by atoms with E-state index in [0.29, 0.717) is 16.3 Å². The van der Waals surface area contributed by atoms with Crippen LogP contribution >= 0.6 is 11.6 Å².